The Labute approximate surface area is 188 Å². The fourth-order valence-electron chi connectivity index (χ4n) is 3.02. The molecular weight excluding hydrogens is 480 g/mol. The van der Waals surface area contributed by atoms with Gasteiger partial charge in [0.1, 0.15) is 5.82 Å². The van der Waals surface area contributed by atoms with E-state index < -0.39 is 47.0 Å². The number of aromatic nitrogens is 1. The van der Waals surface area contributed by atoms with Gasteiger partial charge < -0.3 is 15.5 Å². The van der Waals surface area contributed by atoms with Crippen LogP contribution >= 0.6 is 11.6 Å². The van der Waals surface area contributed by atoms with Gasteiger partial charge >= 0.3 is 24.3 Å². The van der Waals surface area contributed by atoms with Crippen LogP contribution in [-0.2, 0) is 11.0 Å². The van der Waals surface area contributed by atoms with Crippen molar-refractivity contribution in [3.05, 3.63) is 47.1 Å². The number of anilines is 3. The zero-order valence-electron chi connectivity index (χ0n) is 16.6. The topological polar surface area (TPSA) is 77.6 Å². The molecule has 2 heterocycles. The SMILES string of the molecule is O=C(Nc1ccc(C(F)(F)F)cc1N(C(=O)C(F)(F)F)c1ccc(Cl)cn1)N1CCNCC1. The summed E-state index contributed by atoms with van der Waals surface area (Å²) in [5.74, 6) is -3.15. The number of carbonyl (C=O) groups is 2. The van der Waals surface area contributed by atoms with Gasteiger partial charge in [-0.25, -0.2) is 9.78 Å². The number of hydrogen-bond donors (Lipinski definition) is 2. The minimum atomic E-state index is -5.46. The standard InChI is InChI=1S/C19H16ClF6N5O2/c20-12-2-4-15(28-10-12)31(16(32)19(24,25)26)14-9-11(18(21,22)23)1-3-13(14)29-17(33)30-7-5-27-6-8-30/h1-4,9-10,27H,5-8H2,(H,29,33). The molecule has 1 aliphatic heterocycles. The Balaban J connectivity index is 2.13. The van der Waals surface area contributed by atoms with E-state index in [2.05, 4.69) is 15.6 Å². The van der Waals surface area contributed by atoms with E-state index in [1.54, 1.807) is 0 Å². The molecule has 3 amide bonds. The number of alkyl halides is 6. The number of hydrogen-bond acceptors (Lipinski definition) is 4. The second kappa shape index (κ2) is 9.43. The van der Waals surface area contributed by atoms with Gasteiger partial charge in [0.2, 0.25) is 0 Å². The van der Waals surface area contributed by atoms with Crippen LogP contribution in [0.4, 0.5) is 48.3 Å². The Kier molecular flexibility index (Phi) is 7.03. The van der Waals surface area contributed by atoms with Crippen LogP contribution in [0.5, 0.6) is 0 Å². The van der Waals surface area contributed by atoms with Gasteiger partial charge in [0, 0.05) is 32.4 Å². The van der Waals surface area contributed by atoms with E-state index >= 15 is 0 Å². The van der Waals surface area contributed by atoms with Crippen LogP contribution in [0.3, 0.4) is 0 Å². The number of nitrogens with one attached hydrogen (secondary N) is 2. The molecule has 178 valence electrons. The third-order valence-electron chi connectivity index (χ3n) is 4.60. The molecule has 1 aliphatic rings. The molecule has 0 unspecified atom stereocenters. The highest BCUT2D eigenvalue weighted by Crippen LogP contribution is 2.40. The normalized spacial score (nSPS) is 14.7. The maximum atomic E-state index is 13.4. The van der Waals surface area contributed by atoms with Crippen molar-refractivity contribution in [3.63, 3.8) is 0 Å². The van der Waals surface area contributed by atoms with E-state index in [1.165, 1.54) is 4.90 Å². The number of urea groups is 1. The van der Waals surface area contributed by atoms with Crippen LogP contribution in [-0.4, -0.2) is 54.2 Å². The van der Waals surface area contributed by atoms with E-state index in [0.29, 0.717) is 25.2 Å². The lowest BCUT2D eigenvalue weighted by molar-refractivity contribution is -0.169. The van der Waals surface area contributed by atoms with Gasteiger partial charge in [0.15, 0.2) is 0 Å². The molecule has 1 fully saturated rings. The van der Waals surface area contributed by atoms with Gasteiger partial charge in [-0.1, -0.05) is 11.6 Å². The first kappa shape index (κ1) is 24.6. The van der Waals surface area contributed by atoms with E-state index in [9.17, 15) is 35.9 Å². The summed E-state index contributed by atoms with van der Waals surface area (Å²) < 4.78 is 80.2. The second-order valence-corrected chi connectivity index (χ2v) is 7.31. The molecule has 0 atom stereocenters. The Bertz CT molecular complexity index is 1020. The minimum absolute atomic E-state index is 0.0226. The predicted molar refractivity (Wildman–Crippen MR) is 107 cm³/mol. The third-order valence-corrected chi connectivity index (χ3v) is 4.82. The lowest BCUT2D eigenvalue weighted by atomic mass is 10.1. The van der Waals surface area contributed by atoms with Crippen molar-refractivity contribution >= 4 is 40.7 Å². The molecule has 0 spiro atoms. The van der Waals surface area contributed by atoms with Gasteiger partial charge in [-0.05, 0) is 30.3 Å². The number of halogens is 7. The van der Waals surface area contributed by atoms with E-state index in [0.717, 1.165) is 24.4 Å². The summed E-state index contributed by atoms with van der Waals surface area (Å²) >= 11 is 5.70. The average molecular weight is 496 g/mol. The average Bonchev–Trinajstić information content (AvgIpc) is 2.75. The highest BCUT2D eigenvalue weighted by atomic mass is 35.5. The summed E-state index contributed by atoms with van der Waals surface area (Å²) in [6.07, 6.45) is -9.47. The molecule has 2 aromatic rings. The number of nitrogens with zero attached hydrogens (tertiary/aromatic N) is 3. The summed E-state index contributed by atoms with van der Waals surface area (Å²) in [4.78, 5) is 29.8. The fraction of sp³-hybridized carbons (Fsp3) is 0.316. The molecule has 0 radical (unpaired) electrons. The van der Waals surface area contributed by atoms with Crippen LogP contribution in [0.2, 0.25) is 5.02 Å². The minimum Gasteiger partial charge on any atom is -0.322 e. The van der Waals surface area contributed by atoms with Crippen LogP contribution < -0.4 is 15.5 Å². The van der Waals surface area contributed by atoms with Gasteiger partial charge in [0.25, 0.3) is 0 Å². The summed E-state index contributed by atoms with van der Waals surface area (Å²) in [6.45, 7) is 1.46. The second-order valence-electron chi connectivity index (χ2n) is 6.87. The molecule has 3 rings (SSSR count). The molecule has 0 bridgehead atoms. The van der Waals surface area contributed by atoms with Crippen molar-refractivity contribution in [2.75, 3.05) is 36.4 Å². The van der Waals surface area contributed by atoms with E-state index in [-0.39, 0.29) is 23.0 Å². The van der Waals surface area contributed by atoms with Crippen molar-refractivity contribution in [2.45, 2.75) is 12.4 Å². The monoisotopic (exact) mass is 495 g/mol. The molecule has 2 N–H and O–H groups in total. The molecule has 0 aliphatic carbocycles. The number of carbonyl (C=O) groups excluding carboxylic acids is 2. The van der Waals surface area contributed by atoms with Crippen molar-refractivity contribution in [2.24, 2.45) is 0 Å². The molecule has 1 saturated heterocycles. The first-order valence-corrected chi connectivity index (χ1v) is 9.76. The highest BCUT2D eigenvalue weighted by Gasteiger charge is 2.45. The largest absolute Gasteiger partial charge is 0.472 e. The van der Waals surface area contributed by atoms with Crippen molar-refractivity contribution in [1.29, 1.82) is 0 Å². The van der Waals surface area contributed by atoms with Gasteiger partial charge in [-0.2, -0.15) is 26.3 Å². The Morgan fingerprint density at radius 1 is 1.06 bits per heavy atom. The molecule has 14 heteroatoms. The van der Waals surface area contributed by atoms with Crippen molar-refractivity contribution in [1.82, 2.24) is 15.2 Å². The lowest BCUT2D eigenvalue weighted by Gasteiger charge is -2.29. The summed E-state index contributed by atoms with van der Waals surface area (Å²) in [5, 5.41) is 5.33. The fourth-order valence-corrected chi connectivity index (χ4v) is 3.14. The van der Waals surface area contributed by atoms with Gasteiger partial charge in [-0.3, -0.25) is 9.69 Å². The van der Waals surface area contributed by atoms with Crippen molar-refractivity contribution < 1.29 is 35.9 Å². The Morgan fingerprint density at radius 3 is 2.27 bits per heavy atom. The number of benzene rings is 1. The van der Waals surface area contributed by atoms with E-state index in [1.807, 2.05) is 0 Å². The highest BCUT2D eigenvalue weighted by molar-refractivity contribution is 6.30. The summed E-state index contributed by atoms with van der Waals surface area (Å²) in [5.41, 5.74) is -2.63. The zero-order chi connectivity index (χ0) is 24.4. The number of rotatable bonds is 3. The van der Waals surface area contributed by atoms with E-state index in [4.69, 9.17) is 11.6 Å². The van der Waals surface area contributed by atoms with Crippen molar-refractivity contribution in [3.8, 4) is 0 Å². The summed E-state index contributed by atoms with van der Waals surface area (Å²) in [6, 6.07) is 3.02. The number of pyridine rings is 1. The third kappa shape index (κ3) is 5.85. The van der Waals surface area contributed by atoms with Crippen LogP contribution in [0.25, 0.3) is 0 Å². The van der Waals surface area contributed by atoms with Crippen LogP contribution in [0.15, 0.2) is 36.5 Å². The van der Waals surface area contributed by atoms with Crippen LogP contribution in [0, 0.1) is 0 Å². The van der Waals surface area contributed by atoms with Gasteiger partial charge in [-0.15, -0.1) is 0 Å². The molecule has 33 heavy (non-hydrogen) atoms. The lowest BCUT2D eigenvalue weighted by Crippen LogP contribution is -2.48. The number of amides is 3. The molecular formula is C19H16ClF6N5O2. The summed E-state index contributed by atoms with van der Waals surface area (Å²) in [7, 11) is 0. The predicted octanol–water partition coefficient (Wildman–Crippen LogP) is 4.42. The first-order chi connectivity index (χ1) is 15.4. The maximum Gasteiger partial charge on any atom is 0.472 e. The Hall–Kier alpha value is -3.06. The van der Waals surface area contributed by atoms with Gasteiger partial charge in [0.05, 0.1) is 22.0 Å². The molecule has 1 aromatic heterocycles. The maximum absolute atomic E-state index is 13.4. The smallest absolute Gasteiger partial charge is 0.322 e. The number of piperazine rings is 1. The molecule has 0 saturated carbocycles. The Morgan fingerprint density at radius 2 is 1.73 bits per heavy atom. The van der Waals surface area contributed by atoms with Crippen LogP contribution in [0.1, 0.15) is 5.56 Å². The first-order valence-electron chi connectivity index (χ1n) is 9.38. The molecule has 1 aromatic carbocycles. The zero-order valence-corrected chi connectivity index (χ0v) is 17.4. The quantitative estimate of drug-likeness (QED) is 0.618. The molecule has 7 nitrogen and oxygen atoms in total.